The van der Waals surface area contributed by atoms with Crippen LogP contribution in [-0.2, 0) is 0 Å². The molecular formula is C7H17N5O2. The number of nitrogens with one attached hydrogen (secondary N) is 1. The number of carbonyl (C=O) groups is 2. The zero-order valence-corrected chi connectivity index (χ0v) is 8.03. The molecule has 1 fully saturated rings. The van der Waals surface area contributed by atoms with Crippen LogP contribution >= 0.6 is 0 Å². The second kappa shape index (κ2) is 6.96. The number of rotatable bonds is 0. The van der Waals surface area contributed by atoms with Crippen molar-refractivity contribution in [3.63, 3.8) is 0 Å². The summed E-state index contributed by atoms with van der Waals surface area (Å²) < 4.78 is 0. The van der Waals surface area contributed by atoms with Crippen LogP contribution in [-0.4, -0.2) is 30.2 Å². The molecule has 0 atom stereocenters. The van der Waals surface area contributed by atoms with Crippen LogP contribution in [0.25, 0.3) is 0 Å². The normalized spacial score (nSPS) is 16.1. The molecule has 7 N–H and O–H groups in total. The number of hydrogen-bond acceptors (Lipinski definition) is 3. The Balaban J connectivity index is 0.000000364. The van der Waals surface area contributed by atoms with E-state index in [-0.39, 0.29) is 6.03 Å². The maximum absolute atomic E-state index is 10.6. The summed E-state index contributed by atoms with van der Waals surface area (Å²) >= 11 is 0. The molecule has 0 spiro atoms. The fourth-order valence-corrected chi connectivity index (χ4v) is 1.05. The highest BCUT2D eigenvalue weighted by Crippen LogP contribution is 2.00. The molecule has 4 amide bonds. The summed E-state index contributed by atoms with van der Waals surface area (Å²) in [7, 11) is 0. The van der Waals surface area contributed by atoms with Gasteiger partial charge in [0.25, 0.3) is 0 Å². The van der Waals surface area contributed by atoms with Crippen molar-refractivity contribution in [3.8, 4) is 0 Å². The van der Waals surface area contributed by atoms with E-state index in [9.17, 15) is 4.79 Å². The fourth-order valence-electron chi connectivity index (χ4n) is 1.05. The molecular weight excluding hydrogens is 186 g/mol. The molecule has 82 valence electrons. The number of urea groups is 2. The average molecular weight is 203 g/mol. The van der Waals surface area contributed by atoms with Gasteiger partial charge in [0, 0.05) is 13.1 Å². The van der Waals surface area contributed by atoms with Crippen molar-refractivity contribution in [1.29, 1.82) is 0 Å². The van der Waals surface area contributed by atoms with E-state index in [1.54, 1.807) is 0 Å². The minimum absolute atomic E-state index is 0.373. The first-order valence-corrected chi connectivity index (χ1v) is 4.39. The molecule has 1 rings (SSSR count). The van der Waals surface area contributed by atoms with Crippen LogP contribution in [0.1, 0.15) is 19.3 Å². The van der Waals surface area contributed by atoms with Gasteiger partial charge in [0.05, 0.1) is 0 Å². The standard InChI is InChI=1S/C6H13N3O.CH4N2O/c7-6(10)9-5-3-1-2-4-8-9;2-1(3)4/h8H,1-5H2,(H2,7,10);(H4,2,3,4). The number of amides is 4. The monoisotopic (exact) mass is 203 g/mol. The van der Waals surface area contributed by atoms with Gasteiger partial charge in [-0.1, -0.05) is 6.42 Å². The van der Waals surface area contributed by atoms with Crippen molar-refractivity contribution in [2.24, 2.45) is 17.2 Å². The number of hydrogen-bond donors (Lipinski definition) is 4. The number of hydrazine groups is 1. The minimum atomic E-state index is -0.833. The quantitative estimate of drug-likeness (QED) is 0.406. The van der Waals surface area contributed by atoms with Crippen molar-refractivity contribution in [2.75, 3.05) is 13.1 Å². The highest BCUT2D eigenvalue weighted by atomic mass is 16.2. The summed E-state index contributed by atoms with van der Waals surface area (Å²) in [6, 6.07) is -1.21. The van der Waals surface area contributed by atoms with Gasteiger partial charge in [-0.2, -0.15) is 0 Å². The number of carbonyl (C=O) groups excluding carboxylic acids is 2. The predicted molar refractivity (Wildman–Crippen MR) is 51.9 cm³/mol. The third-order valence-electron chi connectivity index (χ3n) is 1.63. The van der Waals surface area contributed by atoms with Gasteiger partial charge in [-0.05, 0) is 12.8 Å². The summed E-state index contributed by atoms with van der Waals surface area (Å²) in [6.45, 7) is 1.61. The lowest BCUT2D eigenvalue weighted by molar-refractivity contribution is 0.185. The summed E-state index contributed by atoms with van der Waals surface area (Å²) in [5.41, 5.74) is 16.5. The van der Waals surface area contributed by atoms with E-state index >= 15 is 0 Å². The van der Waals surface area contributed by atoms with Crippen LogP contribution in [0.2, 0.25) is 0 Å². The van der Waals surface area contributed by atoms with E-state index in [4.69, 9.17) is 10.5 Å². The average Bonchev–Trinajstić information content (AvgIpc) is 2.29. The fraction of sp³-hybridized carbons (Fsp3) is 0.714. The van der Waals surface area contributed by atoms with Gasteiger partial charge < -0.3 is 17.2 Å². The maximum Gasteiger partial charge on any atom is 0.329 e. The topological polar surface area (TPSA) is 127 Å². The number of primary amides is 3. The van der Waals surface area contributed by atoms with E-state index in [0.717, 1.165) is 25.9 Å². The molecule has 0 bridgehead atoms. The van der Waals surface area contributed by atoms with Crippen molar-refractivity contribution in [2.45, 2.75) is 19.3 Å². The van der Waals surface area contributed by atoms with E-state index in [0.29, 0.717) is 0 Å². The SMILES string of the molecule is NC(=O)N1CCCCCN1.NC(N)=O. The zero-order valence-electron chi connectivity index (χ0n) is 8.03. The number of nitrogens with zero attached hydrogens (tertiary/aromatic N) is 1. The smallest absolute Gasteiger partial charge is 0.329 e. The molecule has 0 aromatic rings. The Morgan fingerprint density at radius 3 is 2.14 bits per heavy atom. The molecule has 1 aliphatic heterocycles. The summed E-state index contributed by atoms with van der Waals surface area (Å²) in [4.78, 5) is 19.6. The summed E-state index contributed by atoms with van der Waals surface area (Å²) in [5.74, 6) is 0. The highest BCUT2D eigenvalue weighted by Gasteiger charge is 2.10. The van der Waals surface area contributed by atoms with E-state index in [1.807, 2.05) is 0 Å². The second-order valence-electron chi connectivity index (χ2n) is 2.86. The number of nitrogens with two attached hydrogens (primary N) is 3. The van der Waals surface area contributed by atoms with Gasteiger partial charge in [-0.15, -0.1) is 0 Å². The third kappa shape index (κ3) is 7.17. The Hall–Kier alpha value is -1.50. The van der Waals surface area contributed by atoms with Gasteiger partial charge in [0.2, 0.25) is 0 Å². The molecule has 0 radical (unpaired) electrons. The Kier molecular flexibility index (Phi) is 6.21. The van der Waals surface area contributed by atoms with Gasteiger partial charge >= 0.3 is 12.1 Å². The third-order valence-corrected chi connectivity index (χ3v) is 1.63. The molecule has 0 aromatic heterocycles. The Labute approximate surface area is 82.6 Å². The van der Waals surface area contributed by atoms with Gasteiger partial charge in [0.1, 0.15) is 0 Å². The molecule has 1 heterocycles. The van der Waals surface area contributed by atoms with Gasteiger partial charge in [-0.25, -0.2) is 15.0 Å². The first-order chi connectivity index (χ1) is 6.54. The van der Waals surface area contributed by atoms with Gasteiger partial charge in [-0.3, -0.25) is 5.01 Å². The summed E-state index contributed by atoms with van der Waals surface area (Å²) in [5, 5.41) is 1.48. The van der Waals surface area contributed by atoms with Crippen LogP contribution < -0.4 is 22.6 Å². The molecule has 1 aliphatic rings. The van der Waals surface area contributed by atoms with Crippen molar-refractivity contribution < 1.29 is 9.59 Å². The van der Waals surface area contributed by atoms with Crippen LogP contribution in [0, 0.1) is 0 Å². The molecule has 7 heteroatoms. The van der Waals surface area contributed by atoms with Crippen molar-refractivity contribution in [3.05, 3.63) is 0 Å². The molecule has 14 heavy (non-hydrogen) atoms. The van der Waals surface area contributed by atoms with Crippen LogP contribution in [0.15, 0.2) is 0 Å². The lowest BCUT2D eigenvalue weighted by Gasteiger charge is -2.17. The molecule has 0 unspecified atom stereocenters. The second-order valence-corrected chi connectivity index (χ2v) is 2.86. The minimum Gasteiger partial charge on any atom is -0.352 e. The molecule has 0 aromatic carbocycles. The van der Waals surface area contributed by atoms with E-state index < -0.39 is 6.03 Å². The molecule has 0 saturated carbocycles. The predicted octanol–water partition coefficient (Wildman–Crippen LogP) is -0.921. The molecule has 1 saturated heterocycles. The van der Waals surface area contributed by atoms with E-state index in [2.05, 4.69) is 16.9 Å². The Morgan fingerprint density at radius 2 is 1.64 bits per heavy atom. The highest BCUT2D eigenvalue weighted by molar-refractivity contribution is 5.71. The van der Waals surface area contributed by atoms with Crippen LogP contribution in [0.3, 0.4) is 0 Å². The van der Waals surface area contributed by atoms with Gasteiger partial charge in [0.15, 0.2) is 0 Å². The maximum atomic E-state index is 10.6. The summed E-state index contributed by atoms with van der Waals surface area (Å²) in [6.07, 6.45) is 3.36. The molecule has 0 aliphatic carbocycles. The van der Waals surface area contributed by atoms with E-state index in [1.165, 1.54) is 11.4 Å². The largest absolute Gasteiger partial charge is 0.352 e. The van der Waals surface area contributed by atoms with Crippen molar-refractivity contribution in [1.82, 2.24) is 10.4 Å². The lowest BCUT2D eigenvalue weighted by Crippen LogP contribution is -2.45. The zero-order chi connectivity index (χ0) is 11.0. The first-order valence-electron chi connectivity index (χ1n) is 4.39. The first kappa shape index (κ1) is 12.5. The van der Waals surface area contributed by atoms with Crippen LogP contribution in [0.4, 0.5) is 9.59 Å². The lowest BCUT2D eigenvalue weighted by atomic mass is 10.2. The van der Waals surface area contributed by atoms with Crippen molar-refractivity contribution >= 4 is 12.1 Å². The molecule has 7 nitrogen and oxygen atoms in total. The Morgan fingerprint density at radius 1 is 1.07 bits per heavy atom. The van der Waals surface area contributed by atoms with Crippen LogP contribution in [0.5, 0.6) is 0 Å². The Bertz CT molecular complexity index is 185.